The van der Waals surface area contributed by atoms with Crippen LogP contribution in [0, 0.1) is 5.41 Å². The van der Waals surface area contributed by atoms with Crippen LogP contribution in [0.3, 0.4) is 0 Å². The Morgan fingerprint density at radius 1 is 1.21 bits per heavy atom. The van der Waals surface area contributed by atoms with E-state index in [1.54, 1.807) is 0 Å². The highest BCUT2D eigenvalue weighted by atomic mass is 16.3. The molecule has 0 fully saturated rings. The molecular weight excluding hydrogens is 234 g/mol. The van der Waals surface area contributed by atoms with Crippen LogP contribution in [0.1, 0.15) is 31.6 Å². The van der Waals surface area contributed by atoms with Crippen LogP contribution < -0.4 is 10.6 Å². The van der Waals surface area contributed by atoms with Crippen molar-refractivity contribution in [3.63, 3.8) is 0 Å². The van der Waals surface area contributed by atoms with Crippen molar-refractivity contribution in [1.29, 1.82) is 0 Å². The minimum atomic E-state index is 0.0962. The Kier molecular flexibility index (Phi) is 2.79. The van der Waals surface area contributed by atoms with E-state index in [4.69, 9.17) is 4.42 Å². The van der Waals surface area contributed by atoms with Crippen LogP contribution in [0.25, 0.3) is 24.3 Å². The van der Waals surface area contributed by atoms with Crippen molar-refractivity contribution in [2.24, 2.45) is 5.41 Å². The SMILES string of the molecule is CN(C)C1C=c2oc3c(c2=CC1)C=CC(C)(C)C=C3. The van der Waals surface area contributed by atoms with Crippen LogP contribution in [0.2, 0.25) is 0 Å². The maximum Gasteiger partial charge on any atom is 0.135 e. The van der Waals surface area contributed by atoms with Gasteiger partial charge in [-0.1, -0.05) is 38.2 Å². The molecule has 1 aromatic heterocycles. The predicted molar refractivity (Wildman–Crippen MR) is 80.8 cm³/mol. The summed E-state index contributed by atoms with van der Waals surface area (Å²) >= 11 is 0. The summed E-state index contributed by atoms with van der Waals surface area (Å²) in [7, 11) is 4.21. The van der Waals surface area contributed by atoms with Gasteiger partial charge in [0.25, 0.3) is 0 Å². The Hall–Kier alpha value is -1.54. The molecule has 2 aliphatic rings. The van der Waals surface area contributed by atoms with Gasteiger partial charge in [-0.15, -0.1) is 0 Å². The quantitative estimate of drug-likeness (QED) is 0.765. The van der Waals surface area contributed by atoms with Crippen molar-refractivity contribution < 1.29 is 4.42 Å². The van der Waals surface area contributed by atoms with E-state index in [2.05, 4.69) is 69.3 Å². The van der Waals surface area contributed by atoms with Gasteiger partial charge in [0.05, 0.1) is 0 Å². The first-order valence-electron chi connectivity index (χ1n) is 6.86. The molecule has 0 spiro atoms. The Labute approximate surface area is 114 Å². The monoisotopic (exact) mass is 255 g/mol. The number of rotatable bonds is 1. The van der Waals surface area contributed by atoms with Gasteiger partial charge in [0.1, 0.15) is 11.2 Å². The second-order valence-corrected chi connectivity index (χ2v) is 6.28. The van der Waals surface area contributed by atoms with E-state index in [0.717, 1.165) is 17.6 Å². The van der Waals surface area contributed by atoms with Crippen molar-refractivity contribution in [3.8, 4) is 0 Å². The Balaban J connectivity index is 2.15. The zero-order valence-electron chi connectivity index (χ0n) is 12.1. The van der Waals surface area contributed by atoms with Gasteiger partial charge in [-0.25, -0.2) is 0 Å². The van der Waals surface area contributed by atoms with E-state index in [9.17, 15) is 0 Å². The van der Waals surface area contributed by atoms with E-state index < -0.39 is 0 Å². The van der Waals surface area contributed by atoms with E-state index in [1.807, 2.05) is 0 Å². The predicted octanol–water partition coefficient (Wildman–Crippen LogP) is 2.24. The summed E-state index contributed by atoms with van der Waals surface area (Å²) in [6, 6.07) is 0.437. The first kappa shape index (κ1) is 12.5. The Morgan fingerprint density at radius 3 is 2.68 bits per heavy atom. The second-order valence-electron chi connectivity index (χ2n) is 6.28. The molecule has 2 heteroatoms. The summed E-state index contributed by atoms with van der Waals surface area (Å²) < 4.78 is 6.03. The molecule has 19 heavy (non-hydrogen) atoms. The average Bonchev–Trinajstić information content (AvgIpc) is 2.63. The first-order valence-corrected chi connectivity index (χ1v) is 6.86. The summed E-state index contributed by atoms with van der Waals surface area (Å²) in [5.41, 5.74) is 2.34. The van der Waals surface area contributed by atoms with Gasteiger partial charge in [0.2, 0.25) is 0 Å². The molecule has 0 aliphatic heterocycles. The lowest BCUT2D eigenvalue weighted by Crippen LogP contribution is -2.35. The van der Waals surface area contributed by atoms with Gasteiger partial charge >= 0.3 is 0 Å². The fraction of sp³-hybridized carbons (Fsp3) is 0.412. The molecule has 1 aromatic rings. The lowest BCUT2D eigenvalue weighted by molar-refractivity contribution is 0.358. The summed E-state index contributed by atoms with van der Waals surface area (Å²) in [5, 5.41) is 1.26. The topological polar surface area (TPSA) is 16.4 Å². The molecule has 2 nitrogen and oxygen atoms in total. The number of fused-ring (bicyclic) bond motifs is 3. The largest absolute Gasteiger partial charge is 0.456 e. The smallest absolute Gasteiger partial charge is 0.135 e. The lowest BCUT2D eigenvalue weighted by atomic mass is 9.93. The molecule has 2 aliphatic carbocycles. The first-order chi connectivity index (χ1) is 8.96. The third-order valence-corrected chi connectivity index (χ3v) is 3.96. The van der Waals surface area contributed by atoms with E-state index >= 15 is 0 Å². The highest BCUT2D eigenvalue weighted by molar-refractivity contribution is 5.67. The van der Waals surface area contributed by atoms with Crippen LogP contribution in [-0.4, -0.2) is 25.0 Å². The molecule has 3 rings (SSSR count). The molecule has 0 amide bonds. The van der Waals surface area contributed by atoms with Crippen LogP contribution >= 0.6 is 0 Å². The highest BCUT2D eigenvalue weighted by Crippen LogP contribution is 2.26. The average molecular weight is 255 g/mol. The second kappa shape index (κ2) is 4.24. The minimum Gasteiger partial charge on any atom is -0.456 e. The molecular formula is C17H21NO. The third-order valence-electron chi connectivity index (χ3n) is 3.96. The molecule has 0 radical (unpaired) electrons. The number of allylic oxidation sites excluding steroid dienone is 2. The molecule has 100 valence electrons. The van der Waals surface area contributed by atoms with Gasteiger partial charge in [-0.3, -0.25) is 0 Å². The standard InChI is InChI=1S/C17H21NO/c1-17(2)9-7-14-13-6-5-12(18(3)4)11-16(13)19-15(14)8-10-17/h6-12H,5H2,1-4H3. The number of nitrogens with zero attached hydrogens (tertiary/aromatic N) is 1. The maximum atomic E-state index is 6.03. The van der Waals surface area contributed by atoms with Crippen molar-refractivity contribution >= 4 is 24.3 Å². The fourth-order valence-electron chi connectivity index (χ4n) is 2.61. The van der Waals surface area contributed by atoms with Crippen LogP contribution in [0.5, 0.6) is 0 Å². The van der Waals surface area contributed by atoms with Crippen molar-refractivity contribution in [2.75, 3.05) is 14.1 Å². The van der Waals surface area contributed by atoms with Gasteiger partial charge in [0.15, 0.2) is 0 Å². The number of hydrogen-bond donors (Lipinski definition) is 0. The molecule has 0 bridgehead atoms. The molecule has 0 saturated carbocycles. The van der Waals surface area contributed by atoms with Crippen molar-refractivity contribution in [1.82, 2.24) is 4.90 Å². The van der Waals surface area contributed by atoms with E-state index in [-0.39, 0.29) is 5.41 Å². The van der Waals surface area contributed by atoms with Crippen LogP contribution in [0.15, 0.2) is 16.6 Å². The summed E-state index contributed by atoms with van der Waals surface area (Å²) in [6.07, 6.45) is 14.4. The van der Waals surface area contributed by atoms with E-state index in [1.165, 1.54) is 10.8 Å². The number of hydrogen-bond acceptors (Lipinski definition) is 2. The van der Waals surface area contributed by atoms with Gasteiger partial charge in [-0.05, 0) is 32.7 Å². The molecule has 1 heterocycles. The molecule has 0 saturated heterocycles. The molecule has 1 unspecified atom stereocenters. The van der Waals surface area contributed by atoms with Crippen molar-refractivity contribution in [3.05, 3.63) is 34.1 Å². The third kappa shape index (κ3) is 2.21. The lowest BCUT2D eigenvalue weighted by Gasteiger charge is -2.20. The van der Waals surface area contributed by atoms with Gasteiger partial charge < -0.3 is 9.32 Å². The van der Waals surface area contributed by atoms with E-state index in [0.29, 0.717) is 6.04 Å². The number of furan rings is 1. The van der Waals surface area contributed by atoms with Crippen molar-refractivity contribution in [2.45, 2.75) is 26.3 Å². The van der Waals surface area contributed by atoms with Gasteiger partial charge in [0, 0.05) is 22.2 Å². The fourth-order valence-corrected chi connectivity index (χ4v) is 2.61. The van der Waals surface area contributed by atoms with Crippen LogP contribution in [-0.2, 0) is 0 Å². The zero-order valence-corrected chi connectivity index (χ0v) is 12.1. The zero-order chi connectivity index (χ0) is 13.6. The molecule has 1 atom stereocenters. The highest BCUT2D eigenvalue weighted by Gasteiger charge is 2.19. The Bertz CT molecular complexity index is 671. The minimum absolute atomic E-state index is 0.0962. The molecule has 0 aromatic carbocycles. The summed E-state index contributed by atoms with van der Waals surface area (Å²) in [4.78, 5) is 2.22. The normalized spacial score (nSPS) is 23.3. The maximum absolute atomic E-state index is 6.03. The van der Waals surface area contributed by atoms with Gasteiger partial charge in [-0.2, -0.15) is 0 Å². The summed E-state index contributed by atoms with van der Waals surface area (Å²) in [6.45, 7) is 4.41. The van der Waals surface area contributed by atoms with Crippen LogP contribution in [0.4, 0.5) is 0 Å². The molecule has 0 N–H and O–H groups in total. The summed E-state index contributed by atoms with van der Waals surface area (Å²) in [5.74, 6) is 0.985. The Morgan fingerprint density at radius 2 is 1.95 bits per heavy atom.